The Bertz CT molecular complexity index is 841. The Hall–Kier alpha value is -2.12. The Kier molecular flexibility index (Phi) is 4.59. The summed E-state index contributed by atoms with van der Waals surface area (Å²) in [6.07, 6.45) is 8.05. The SMILES string of the molecule is Cc1cc(-c2nccn2C)nc([C@H]2CCCN(Cc3cncs3)C2)n1. The number of piperidine rings is 1. The summed E-state index contributed by atoms with van der Waals surface area (Å²) in [5.41, 5.74) is 3.82. The van der Waals surface area contributed by atoms with Gasteiger partial charge in [-0.25, -0.2) is 15.0 Å². The molecule has 6 nitrogen and oxygen atoms in total. The van der Waals surface area contributed by atoms with E-state index >= 15 is 0 Å². The maximum absolute atomic E-state index is 4.86. The van der Waals surface area contributed by atoms with Crippen LogP contribution < -0.4 is 0 Å². The molecule has 0 radical (unpaired) electrons. The summed E-state index contributed by atoms with van der Waals surface area (Å²) in [4.78, 5) is 22.0. The van der Waals surface area contributed by atoms with Crippen LogP contribution in [-0.4, -0.2) is 42.5 Å². The van der Waals surface area contributed by atoms with Gasteiger partial charge >= 0.3 is 0 Å². The lowest BCUT2D eigenvalue weighted by Gasteiger charge is -2.31. The van der Waals surface area contributed by atoms with Gasteiger partial charge in [0, 0.05) is 55.2 Å². The molecule has 4 heterocycles. The van der Waals surface area contributed by atoms with Crippen LogP contribution in [0.2, 0.25) is 0 Å². The van der Waals surface area contributed by atoms with Gasteiger partial charge in [0.05, 0.1) is 5.51 Å². The van der Waals surface area contributed by atoms with Crippen LogP contribution in [-0.2, 0) is 13.6 Å². The summed E-state index contributed by atoms with van der Waals surface area (Å²) in [7, 11) is 2.00. The Morgan fingerprint density at radius 1 is 1.32 bits per heavy atom. The molecule has 0 unspecified atom stereocenters. The summed E-state index contributed by atoms with van der Waals surface area (Å²) in [6.45, 7) is 5.14. The van der Waals surface area contributed by atoms with E-state index < -0.39 is 0 Å². The molecule has 1 atom stereocenters. The molecule has 25 heavy (non-hydrogen) atoms. The first-order valence-corrected chi connectivity index (χ1v) is 9.50. The van der Waals surface area contributed by atoms with Gasteiger partial charge in [-0.2, -0.15) is 0 Å². The van der Waals surface area contributed by atoms with Crippen LogP contribution >= 0.6 is 11.3 Å². The standard InChI is InChI=1S/C18H22N6S/c1-13-8-16(18-20-5-7-23(18)2)22-17(21-13)14-4-3-6-24(10-14)11-15-9-19-12-25-15/h5,7-9,12,14H,3-4,6,10-11H2,1-2H3/t14-/m0/s1. The largest absolute Gasteiger partial charge is 0.333 e. The van der Waals surface area contributed by atoms with Crippen LogP contribution in [0.25, 0.3) is 11.5 Å². The maximum atomic E-state index is 4.86. The topological polar surface area (TPSA) is 59.7 Å². The molecule has 1 aliphatic rings. The monoisotopic (exact) mass is 354 g/mol. The summed E-state index contributed by atoms with van der Waals surface area (Å²) in [5.74, 6) is 2.22. The predicted molar refractivity (Wildman–Crippen MR) is 98.3 cm³/mol. The maximum Gasteiger partial charge on any atom is 0.158 e. The van der Waals surface area contributed by atoms with Crippen LogP contribution in [0.5, 0.6) is 0 Å². The van der Waals surface area contributed by atoms with Gasteiger partial charge in [-0.05, 0) is 32.4 Å². The van der Waals surface area contributed by atoms with Crippen LogP contribution in [0.4, 0.5) is 0 Å². The quantitative estimate of drug-likeness (QED) is 0.721. The molecule has 0 amide bonds. The molecule has 3 aromatic rings. The van der Waals surface area contributed by atoms with Crippen LogP contribution in [0.3, 0.4) is 0 Å². The molecule has 130 valence electrons. The lowest BCUT2D eigenvalue weighted by molar-refractivity contribution is 0.198. The second-order valence-corrected chi connectivity index (χ2v) is 7.63. The van der Waals surface area contributed by atoms with E-state index in [-0.39, 0.29) is 0 Å². The number of thiazole rings is 1. The number of nitrogens with zero attached hydrogens (tertiary/aromatic N) is 6. The molecule has 7 heteroatoms. The zero-order chi connectivity index (χ0) is 17.2. The van der Waals surface area contributed by atoms with Crippen molar-refractivity contribution in [3.05, 3.63) is 46.6 Å². The zero-order valence-corrected chi connectivity index (χ0v) is 15.4. The van der Waals surface area contributed by atoms with Crippen LogP contribution in [0.1, 0.15) is 35.2 Å². The average molecular weight is 354 g/mol. The molecule has 0 spiro atoms. The summed E-state index contributed by atoms with van der Waals surface area (Å²) < 4.78 is 2.00. The first kappa shape index (κ1) is 16.4. The second-order valence-electron chi connectivity index (χ2n) is 6.66. The lowest BCUT2D eigenvalue weighted by atomic mass is 9.97. The van der Waals surface area contributed by atoms with Crippen LogP contribution in [0, 0.1) is 6.92 Å². The van der Waals surface area contributed by atoms with E-state index in [1.807, 2.05) is 48.7 Å². The first-order valence-electron chi connectivity index (χ1n) is 8.62. The predicted octanol–water partition coefficient (Wildman–Crippen LogP) is 3.02. The molecular formula is C18H22N6S. The number of hydrogen-bond donors (Lipinski definition) is 0. The fourth-order valence-electron chi connectivity index (χ4n) is 3.45. The molecule has 1 fully saturated rings. The Morgan fingerprint density at radius 3 is 3.00 bits per heavy atom. The van der Waals surface area contributed by atoms with Crippen molar-refractivity contribution in [1.82, 2.24) is 29.4 Å². The van der Waals surface area contributed by atoms with E-state index in [0.717, 1.165) is 49.1 Å². The minimum absolute atomic E-state index is 0.376. The van der Waals surface area contributed by atoms with Crippen LogP contribution in [0.15, 0.2) is 30.2 Å². The first-order chi connectivity index (χ1) is 12.2. The Labute approximate surface area is 151 Å². The molecule has 1 saturated heterocycles. The van der Waals surface area contributed by atoms with Gasteiger partial charge in [0.2, 0.25) is 0 Å². The van der Waals surface area contributed by atoms with Crippen molar-refractivity contribution in [3.63, 3.8) is 0 Å². The Balaban J connectivity index is 1.56. The van der Waals surface area contributed by atoms with E-state index in [0.29, 0.717) is 5.92 Å². The van der Waals surface area contributed by atoms with Crippen molar-refractivity contribution < 1.29 is 0 Å². The van der Waals surface area contributed by atoms with Gasteiger partial charge in [-0.1, -0.05) is 0 Å². The lowest BCUT2D eigenvalue weighted by Crippen LogP contribution is -2.34. The fourth-order valence-corrected chi connectivity index (χ4v) is 4.09. The molecule has 4 rings (SSSR count). The van der Waals surface area contributed by atoms with Gasteiger partial charge in [0.1, 0.15) is 11.5 Å². The normalized spacial score (nSPS) is 18.6. The number of aryl methyl sites for hydroxylation is 2. The third-order valence-electron chi connectivity index (χ3n) is 4.66. The van der Waals surface area contributed by atoms with Gasteiger partial charge in [0.15, 0.2) is 5.82 Å². The number of likely N-dealkylation sites (tertiary alicyclic amines) is 1. The second kappa shape index (κ2) is 7.01. The number of rotatable bonds is 4. The molecule has 0 aromatic carbocycles. The van der Waals surface area contributed by atoms with Crippen molar-refractivity contribution in [2.45, 2.75) is 32.2 Å². The molecule has 0 bridgehead atoms. The molecule has 3 aromatic heterocycles. The number of hydrogen-bond acceptors (Lipinski definition) is 6. The van der Waals surface area contributed by atoms with Gasteiger partial charge in [-0.3, -0.25) is 9.88 Å². The van der Waals surface area contributed by atoms with E-state index in [9.17, 15) is 0 Å². The van der Waals surface area contributed by atoms with Gasteiger partial charge in [-0.15, -0.1) is 11.3 Å². The minimum atomic E-state index is 0.376. The molecule has 1 aliphatic heterocycles. The van der Waals surface area contributed by atoms with Crippen molar-refractivity contribution in [3.8, 4) is 11.5 Å². The molecule has 0 aliphatic carbocycles. The van der Waals surface area contributed by atoms with E-state index in [2.05, 4.69) is 14.9 Å². The summed E-state index contributed by atoms with van der Waals surface area (Å²) in [6, 6.07) is 2.02. The van der Waals surface area contributed by atoms with Gasteiger partial charge in [0.25, 0.3) is 0 Å². The van der Waals surface area contributed by atoms with Crippen molar-refractivity contribution in [2.24, 2.45) is 7.05 Å². The van der Waals surface area contributed by atoms with Crippen molar-refractivity contribution in [1.29, 1.82) is 0 Å². The highest BCUT2D eigenvalue weighted by Gasteiger charge is 2.24. The van der Waals surface area contributed by atoms with E-state index in [4.69, 9.17) is 9.97 Å². The van der Waals surface area contributed by atoms with E-state index in [1.54, 1.807) is 11.3 Å². The summed E-state index contributed by atoms with van der Waals surface area (Å²) in [5, 5.41) is 0. The highest BCUT2D eigenvalue weighted by atomic mass is 32.1. The average Bonchev–Trinajstić information content (AvgIpc) is 3.26. The third kappa shape index (κ3) is 3.62. The number of aromatic nitrogens is 5. The van der Waals surface area contributed by atoms with Gasteiger partial charge < -0.3 is 4.57 Å². The third-order valence-corrected chi connectivity index (χ3v) is 5.42. The fraction of sp³-hybridized carbons (Fsp3) is 0.444. The number of imidazole rings is 1. The zero-order valence-electron chi connectivity index (χ0n) is 14.6. The van der Waals surface area contributed by atoms with E-state index in [1.165, 1.54) is 11.3 Å². The molecule has 0 saturated carbocycles. The smallest absolute Gasteiger partial charge is 0.158 e. The highest BCUT2D eigenvalue weighted by Crippen LogP contribution is 2.27. The molecule has 0 N–H and O–H groups in total. The van der Waals surface area contributed by atoms with Crippen molar-refractivity contribution in [2.75, 3.05) is 13.1 Å². The minimum Gasteiger partial charge on any atom is -0.333 e. The summed E-state index contributed by atoms with van der Waals surface area (Å²) >= 11 is 1.72. The highest BCUT2D eigenvalue weighted by molar-refractivity contribution is 7.09. The molecular weight excluding hydrogens is 332 g/mol. The van der Waals surface area contributed by atoms with Crippen molar-refractivity contribution >= 4 is 11.3 Å². The Morgan fingerprint density at radius 2 is 2.24 bits per heavy atom.